The molecule has 4 heteroatoms. The first-order chi connectivity index (χ1) is 12.7. The molecule has 0 amide bonds. The highest BCUT2D eigenvalue weighted by Crippen LogP contribution is 2.46. The Morgan fingerprint density at radius 3 is 2.46 bits per heavy atom. The molecule has 1 heterocycles. The zero-order chi connectivity index (χ0) is 18.1. The number of carbonyl (C=O) groups is 1. The Bertz CT molecular complexity index is 926. The second-order valence-corrected chi connectivity index (χ2v) is 6.76. The minimum absolute atomic E-state index is 0.0794. The van der Waals surface area contributed by atoms with Gasteiger partial charge in [-0.1, -0.05) is 72.3 Å². The van der Waals surface area contributed by atoms with Gasteiger partial charge >= 0.3 is 5.97 Å². The highest BCUT2D eigenvalue weighted by molar-refractivity contribution is 6.30. The molecular weight excluding hydrogens is 346 g/mol. The Kier molecular flexibility index (Phi) is 4.39. The van der Waals surface area contributed by atoms with Crippen molar-refractivity contribution in [2.24, 2.45) is 0 Å². The second-order valence-electron chi connectivity index (χ2n) is 6.32. The summed E-state index contributed by atoms with van der Waals surface area (Å²) in [5, 5.41) is 4.12. The Balaban J connectivity index is 1.87. The molecule has 0 saturated carbocycles. The van der Waals surface area contributed by atoms with Gasteiger partial charge in [0.05, 0.1) is 13.2 Å². The fourth-order valence-corrected chi connectivity index (χ4v) is 3.80. The van der Waals surface area contributed by atoms with E-state index in [1.54, 1.807) is 0 Å². The molecule has 2 aliphatic rings. The molecule has 2 unspecified atom stereocenters. The molecule has 0 spiro atoms. The predicted molar refractivity (Wildman–Crippen MR) is 103 cm³/mol. The lowest BCUT2D eigenvalue weighted by Crippen LogP contribution is -2.36. The number of benzene rings is 2. The molecule has 1 aliphatic carbocycles. The molecule has 2 aromatic carbocycles. The van der Waals surface area contributed by atoms with Crippen LogP contribution in [0.4, 0.5) is 0 Å². The topological polar surface area (TPSA) is 38.3 Å². The number of hydrogen-bond donors (Lipinski definition) is 1. The molecule has 4 rings (SSSR count). The average Bonchev–Trinajstić information content (AvgIpc) is 3.17. The summed E-state index contributed by atoms with van der Waals surface area (Å²) >= 11 is 6.07. The van der Waals surface area contributed by atoms with Crippen molar-refractivity contribution in [3.8, 4) is 0 Å². The van der Waals surface area contributed by atoms with Crippen molar-refractivity contribution in [1.82, 2.24) is 5.32 Å². The molecule has 0 aromatic heterocycles. The number of methoxy groups -OCH3 is 1. The quantitative estimate of drug-likeness (QED) is 0.804. The van der Waals surface area contributed by atoms with Gasteiger partial charge in [0.25, 0.3) is 0 Å². The van der Waals surface area contributed by atoms with Gasteiger partial charge in [-0.3, -0.25) is 0 Å². The van der Waals surface area contributed by atoms with E-state index < -0.39 is 0 Å². The highest BCUT2D eigenvalue weighted by Gasteiger charge is 2.38. The number of hydrogen-bond acceptors (Lipinski definition) is 3. The summed E-state index contributed by atoms with van der Waals surface area (Å²) in [6, 6.07) is 18.0. The largest absolute Gasteiger partial charge is 0.464 e. The third-order valence-electron chi connectivity index (χ3n) is 4.86. The minimum atomic E-state index is -0.358. The van der Waals surface area contributed by atoms with Crippen LogP contribution in [-0.4, -0.2) is 13.1 Å². The molecule has 2 aromatic rings. The Hall–Kier alpha value is -2.78. The lowest BCUT2D eigenvalue weighted by Gasteiger charge is -2.36. The molecule has 26 heavy (non-hydrogen) atoms. The van der Waals surface area contributed by atoms with Crippen molar-refractivity contribution in [2.45, 2.75) is 12.0 Å². The molecular formula is C22H18ClNO2. The number of ether oxygens (including phenoxy) is 1. The van der Waals surface area contributed by atoms with E-state index in [0.717, 1.165) is 16.7 Å². The molecule has 0 bridgehead atoms. The second kappa shape index (κ2) is 6.85. The summed E-state index contributed by atoms with van der Waals surface area (Å²) in [6.07, 6.45) is 6.03. The zero-order valence-corrected chi connectivity index (χ0v) is 15.0. The highest BCUT2D eigenvalue weighted by atomic mass is 35.5. The Morgan fingerprint density at radius 1 is 1.04 bits per heavy atom. The van der Waals surface area contributed by atoms with E-state index in [4.69, 9.17) is 16.3 Å². The number of fused-ring (bicyclic) bond motifs is 1. The van der Waals surface area contributed by atoms with Gasteiger partial charge in [0, 0.05) is 16.5 Å². The summed E-state index contributed by atoms with van der Waals surface area (Å²) < 4.78 is 5.00. The van der Waals surface area contributed by atoms with Gasteiger partial charge in [-0.25, -0.2) is 4.79 Å². The van der Waals surface area contributed by atoms with E-state index in [-0.39, 0.29) is 17.9 Å². The van der Waals surface area contributed by atoms with Gasteiger partial charge in [-0.2, -0.15) is 0 Å². The summed E-state index contributed by atoms with van der Waals surface area (Å²) in [5.41, 5.74) is 4.78. The number of halogens is 1. The Morgan fingerprint density at radius 2 is 1.77 bits per heavy atom. The summed E-state index contributed by atoms with van der Waals surface area (Å²) in [5.74, 6) is -0.279. The van der Waals surface area contributed by atoms with Crippen LogP contribution in [0.2, 0.25) is 5.02 Å². The third kappa shape index (κ3) is 2.85. The average molecular weight is 364 g/mol. The van der Waals surface area contributed by atoms with Crippen LogP contribution in [0.15, 0.2) is 89.7 Å². The predicted octanol–water partition coefficient (Wildman–Crippen LogP) is 4.69. The molecule has 130 valence electrons. The summed E-state index contributed by atoms with van der Waals surface area (Å²) in [4.78, 5) is 12.4. The maximum atomic E-state index is 12.4. The zero-order valence-electron chi connectivity index (χ0n) is 14.3. The van der Waals surface area contributed by atoms with Crippen molar-refractivity contribution >= 4 is 17.6 Å². The number of carbonyl (C=O) groups excluding carboxylic acids is 1. The molecule has 3 nitrogen and oxygen atoms in total. The van der Waals surface area contributed by atoms with Crippen LogP contribution in [0.3, 0.4) is 0 Å². The van der Waals surface area contributed by atoms with Crippen molar-refractivity contribution in [3.05, 3.63) is 106 Å². The van der Waals surface area contributed by atoms with Crippen LogP contribution in [0.1, 0.15) is 23.1 Å². The van der Waals surface area contributed by atoms with Crippen LogP contribution in [0.5, 0.6) is 0 Å². The van der Waals surface area contributed by atoms with E-state index in [9.17, 15) is 4.79 Å². The smallest absolute Gasteiger partial charge is 0.354 e. The van der Waals surface area contributed by atoms with Crippen LogP contribution >= 0.6 is 11.6 Å². The number of nitrogens with one attached hydrogen (secondary N) is 1. The lowest BCUT2D eigenvalue weighted by molar-refractivity contribution is -0.136. The van der Waals surface area contributed by atoms with Crippen molar-refractivity contribution in [2.75, 3.05) is 7.11 Å². The lowest BCUT2D eigenvalue weighted by atomic mass is 9.76. The normalized spacial score (nSPS) is 21.1. The first-order valence-electron chi connectivity index (χ1n) is 8.47. The van der Waals surface area contributed by atoms with E-state index in [0.29, 0.717) is 10.7 Å². The molecule has 0 fully saturated rings. The van der Waals surface area contributed by atoms with Gasteiger partial charge in [-0.15, -0.1) is 0 Å². The third-order valence-corrected chi connectivity index (χ3v) is 5.12. The fourth-order valence-electron chi connectivity index (χ4n) is 3.68. The molecule has 0 radical (unpaired) electrons. The fraction of sp³-hybridized carbons (Fsp3) is 0.136. The molecule has 2 atom stereocenters. The van der Waals surface area contributed by atoms with E-state index in [2.05, 4.69) is 23.5 Å². The molecule has 1 N–H and O–H groups in total. The maximum absolute atomic E-state index is 12.4. The van der Waals surface area contributed by atoms with Gasteiger partial charge < -0.3 is 10.1 Å². The number of rotatable bonds is 3. The maximum Gasteiger partial charge on any atom is 0.354 e. The van der Waals surface area contributed by atoms with Crippen molar-refractivity contribution < 1.29 is 9.53 Å². The molecule has 0 saturated heterocycles. The number of allylic oxidation sites excluding steroid dienone is 4. The van der Waals surface area contributed by atoms with Crippen LogP contribution < -0.4 is 5.32 Å². The Labute approximate surface area is 157 Å². The standard InChI is InChI=1S/C22H18ClNO2/c1-26-22(25)21-18-9-5-8-17(18)19(14-6-3-2-4-7-14)20(24-21)15-10-12-16(23)13-11-15/h2-13,19-20,24H,1H3. The van der Waals surface area contributed by atoms with Gasteiger partial charge in [0.2, 0.25) is 0 Å². The van der Waals surface area contributed by atoms with Crippen molar-refractivity contribution in [3.63, 3.8) is 0 Å². The van der Waals surface area contributed by atoms with Gasteiger partial charge in [0.1, 0.15) is 5.70 Å². The van der Waals surface area contributed by atoms with Crippen molar-refractivity contribution in [1.29, 1.82) is 0 Å². The van der Waals surface area contributed by atoms with Gasteiger partial charge in [-0.05, 0) is 28.8 Å². The summed E-state index contributed by atoms with van der Waals surface area (Å²) in [7, 11) is 1.40. The monoisotopic (exact) mass is 363 g/mol. The van der Waals surface area contributed by atoms with E-state index in [1.807, 2.05) is 54.6 Å². The van der Waals surface area contributed by atoms with E-state index >= 15 is 0 Å². The number of esters is 1. The van der Waals surface area contributed by atoms with Crippen LogP contribution in [-0.2, 0) is 9.53 Å². The van der Waals surface area contributed by atoms with Crippen LogP contribution in [0.25, 0.3) is 0 Å². The SMILES string of the molecule is COC(=O)C1=C2C=CC=C2C(c2ccccc2)C(c2ccc(Cl)cc2)N1. The van der Waals surface area contributed by atoms with E-state index in [1.165, 1.54) is 12.7 Å². The van der Waals surface area contributed by atoms with Gasteiger partial charge in [0.15, 0.2) is 0 Å². The first-order valence-corrected chi connectivity index (χ1v) is 8.85. The first kappa shape index (κ1) is 16.7. The summed E-state index contributed by atoms with van der Waals surface area (Å²) in [6.45, 7) is 0. The molecule has 1 aliphatic heterocycles. The minimum Gasteiger partial charge on any atom is -0.464 e. The van der Waals surface area contributed by atoms with Crippen LogP contribution in [0, 0.1) is 0 Å².